The summed E-state index contributed by atoms with van der Waals surface area (Å²) in [4.78, 5) is 0. The van der Waals surface area contributed by atoms with Crippen LogP contribution >= 0.6 is 0 Å². The Kier molecular flexibility index (Phi) is 2.32. The first kappa shape index (κ1) is 8.02. The first-order valence-electron chi connectivity index (χ1n) is 4.01. The van der Waals surface area contributed by atoms with E-state index in [-0.39, 0.29) is 18.3 Å². The van der Waals surface area contributed by atoms with Crippen LogP contribution in [-0.2, 0) is 4.74 Å². The molecule has 60 valence electrons. The molecule has 0 aromatic rings. The maximum atomic E-state index is 8.72. The van der Waals surface area contributed by atoms with E-state index in [1.54, 1.807) is 0 Å². The highest BCUT2D eigenvalue weighted by Crippen LogP contribution is 2.39. The molecule has 0 radical (unpaired) electrons. The van der Waals surface area contributed by atoms with Crippen LogP contribution in [0.25, 0.3) is 0 Å². The fraction of sp³-hybridized carbons (Fsp3) is 1.00. The normalized spacial score (nSPS) is 38.1. The largest absolute Gasteiger partial charge is 0.394 e. The highest BCUT2D eigenvalue weighted by molar-refractivity contribution is 4.98. The molecule has 10 heavy (non-hydrogen) atoms. The Balaban J connectivity index is 2.16. The van der Waals surface area contributed by atoms with Crippen molar-refractivity contribution >= 4 is 0 Å². The maximum Gasteiger partial charge on any atom is 0.110 e. The van der Waals surface area contributed by atoms with E-state index in [4.69, 9.17) is 9.84 Å². The van der Waals surface area contributed by atoms with Crippen LogP contribution in [0.3, 0.4) is 0 Å². The SMILES string of the molecule is CCCC[C@]1(C)O[C@H]1CO. The van der Waals surface area contributed by atoms with Crippen molar-refractivity contribution in [3.63, 3.8) is 0 Å². The van der Waals surface area contributed by atoms with Gasteiger partial charge in [-0.05, 0) is 13.3 Å². The molecule has 1 heterocycles. The molecule has 1 aliphatic rings. The molecule has 0 aromatic carbocycles. The predicted molar refractivity (Wildman–Crippen MR) is 39.9 cm³/mol. The minimum Gasteiger partial charge on any atom is -0.394 e. The lowest BCUT2D eigenvalue weighted by Gasteiger charge is -2.02. The van der Waals surface area contributed by atoms with Gasteiger partial charge in [-0.15, -0.1) is 0 Å². The van der Waals surface area contributed by atoms with E-state index in [9.17, 15) is 0 Å². The van der Waals surface area contributed by atoms with Crippen LogP contribution in [0.1, 0.15) is 33.1 Å². The third-order valence-corrected chi connectivity index (χ3v) is 2.23. The molecule has 1 fully saturated rings. The monoisotopic (exact) mass is 144 g/mol. The summed E-state index contributed by atoms with van der Waals surface area (Å²) in [5, 5.41) is 8.72. The molecule has 0 amide bonds. The average Bonchev–Trinajstić information content (AvgIpc) is 2.59. The standard InChI is InChI=1S/C8H16O2/c1-3-4-5-8(2)7(6-9)10-8/h7,9H,3-6H2,1-2H3/t7-,8-/m0/s1. The van der Waals surface area contributed by atoms with Crippen molar-refractivity contribution < 1.29 is 9.84 Å². The molecule has 1 rings (SSSR count). The van der Waals surface area contributed by atoms with E-state index < -0.39 is 0 Å². The topological polar surface area (TPSA) is 32.8 Å². The summed E-state index contributed by atoms with van der Waals surface area (Å²) in [6.45, 7) is 4.42. The molecular formula is C8H16O2. The molecule has 2 heteroatoms. The summed E-state index contributed by atoms with van der Waals surface area (Å²) in [7, 11) is 0. The molecule has 0 saturated carbocycles. The van der Waals surface area contributed by atoms with Crippen molar-refractivity contribution in [2.24, 2.45) is 0 Å². The third kappa shape index (κ3) is 1.50. The van der Waals surface area contributed by atoms with Gasteiger partial charge in [0.1, 0.15) is 6.10 Å². The Morgan fingerprint density at radius 1 is 1.60 bits per heavy atom. The number of rotatable bonds is 4. The fourth-order valence-corrected chi connectivity index (χ4v) is 1.27. The van der Waals surface area contributed by atoms with Gasteiger partial charge >= 0.3 is 0 Å². The van der Waals surface area contributed by atoms with E-state index in [1.807, 2.05) is 0 Å². The molecule has 0 spiro atoms. The first-order valence-corrected chi connectivity index (χ1v) is 4.01. The summed E-state index contributed by atoms with van der Waals surface area (Å²) in [6.07, 6.45) is 3.62. The van der Waals surface area contributed by atoms with Gasteiger partial charge in [-0.25, -0.2) is 0 Å². The second-order valence-electron chi connectivity index (χ2n) is 3.21. The number of hydrogen-bond acceptors (Lipinski definition) is 2. The predicted octanol–water partition coefficient (Wildman–Crippen LogP) is 1.33. The van der Waals surface area contributed by atoms with Crippen molar-refractivity contribution in [2.75, 3.05) is 6.61 Å². The molecule has 0 bridgehead atoms. The van der Waals surface area contributed by atoms with Gasteiger partial charge in [-0.1, -0.05) is 19.8 Å². The third-order valence-electron chi connectivity index (χ3n) is 2.23. The lowest BCUT2D eigenvalue weighted by Crippen LogP contribution is -2.11. The lowest BCUT2D eigenvalue weighted by molar-refractivity contribution is 0.234. The van der Waals surface area contributed by atoms with Crippen LogP contribution < -0.4 is 0 Å². The minimum absolute atomic E-state index is 0.0186. The van der Waals surface area contributed by atoms with Gasteiger partial charge in [0.2, 0.25) is 0 Å². The summed E-state index contributed by atoms with van der Waals surface area (Å²) in [5.41, 5.74) is 0.0186. The number of aliphatic hydroxyl groups is 1. The summed E-state index contributed by atoms with van der Waals surface area (Å²) >= 11 is 0. The molecular weight excluding hydrogens is 128 g/mol. The second-order valence-corrected chi connectivity index (χ2v) is 3.21. The van der Waals surface area contributed by atoms with Gasteiger partial charge in [0.25, 0.3) is 0 Å². The second kappa shape index (κ2) is 2.89. The number of ether oxygens (including phenoxy) is 1. The number of unbranched alkanes of at least 4 members (excludes halogenated alkanes) is 1. The van der Waals surface area contributed by atoms with E-state index in [0.717, 1.165) is 6.42 Å². The number of epoxide rings is 1. The van der Waals surface area contributed by atoms with Crippen LogP contribution in [0, 0.1) is 0 Å². The zero-order chi connectivity index (χ0) is 7.61. The summed E-state index contributed by atoms with van der Waals surface area (Å²) in [6, 6.07) is 0. The Morgan fingerprint density at radius 2 is 2.30 bits per heavy atom. The summed E-state index contributed by atoms with van der Waals surface area (Å²) < 4.78 is 5.31. The smallest absolute Gasteiger partial charge is 0.110 e. The van der Waals surface area contributed by atoms with E-state index in [1.165, 1.54) is 12.8 Å². The Bertz CT molecular complexity index is 114. The number of aliphatic hydroxyl groups excluding tert-OH is 1. The van der Waals surface area contributed by atoms with Gasteiger partial charge in [-0.3, -0.25) is 0 Å². The highest BCUT2D eigenvalue weighted by atomic mass is 16.6. The van der Waals surface area contributed by atoms with Gasteiger partial charge in [-0.2, -0.15) is 0 Å². The molecule has 2 atom stereocenters. The molecule has 1 aliphatic heterocycles. The van der Waals surface area contributed by atoms with Gasteiger partial charge in [0.15, 0.2) is 0 Å². The van der Waals surface area contributed by atoms with Crippen LogP contribution in [0.15, 0.2) is 0 Å². The fourth-order valence-electron chi connectivity index (χ4n) is 1.27. The van der Waals surface area contributed by atoms with Gasteiger partial charge in [0, 0.05) is 0 Å². The van der Waals surface area contributed by atoms with Crippen molar-refractivity contribution in [3.05, 3.63) is 0 Å². The van der Waals surface area contributed by atoms with Gasteiger partial charge in [0.05, 0.1) is 12.2 Å². The Hall–Kier alpha value is -0.0800. The highest BCUT2D eigenvalue weighted by Gasteiger charge is 2.50. The zero-order valence-corrected chi connectivity index (χ0v) is 6.76. The van der Waals surface area contributed by atoms with Crippen molar-refractivity contribution in [3.8, 4) is 0 Å². The maximum absolute atomic E-state index is 8.72. The molecule has 0 aliphatic carbocycles. The molecule has 1 N–H and O–H groups in total. The average molecular weight is 144 g/mol. The van der Waals surface area contributed by atoms with Gasteiger partial charge < -0.3 is 9.84 Å². The lowest BCUT2D eigenvalue weighted by atomic mass is 10.0. The van der Waals surface area contributed by atoms with Crippen LogP contribution in [0.4, 0.5) is 0 Å². The van der Waals surface area contributed by atoms with E-state index >= 15 is 0 Å². The molecule has 1 saturated heterocycles. The van der Waals surface area contributed by atoms with Crippen LogP contribution in [0.2, 0.25) is 0 Å². The Morgan fingerprint density at radius 3 is 2.70 bits per heavy atom. The van der Waals surface area contributed by atoms with Crippen molar-refractivity contribution in [1.29, 1.82) is 0 Å². The van der Waals surface area contributed by atoms with E-state index in [2.05, 4.69) is 13.8 Å². The van der Waals surface area contributed by atoms with Crippen molar-refractivity contribution in [1.82, 2.24) is 0 Å². The first-order chi connectivity index (χ1) is 4.73. The number of hydrogen-bond donors (Lipinski definition) is 1. The molecule has 2 nitrogen and oxygen atoms in total. The Labute approximate surface area is 62.2 Å². The zero-order valence-electron chi connectivity index (χ0n) is 6.76. The minimum atomic E-state index is 0.0186. The van der Waals surface area contributed by atoms with E-state index in [0.29, 0.717) is 0 Å². The summed E-state index contributed by atoms with van der Waals surface area (Å²) in [5.74, 6) is 0. The quantitative estimate of drug-likeness (QED) is 0.604. The van der Waals surface area contributed by atoms with Crippen LogP contribution in [0.5, 0.6) is 0 Å². The van der Waals surface area contributed by atoms with Crippen LogP contribution in [-0.4, -0.2) is 23.4 Å². The molecule has 0 aromatic heterocycles. The van der Waals surface area contributed by atoms with Crippen molar-refractivity contribution in [2.45, 2.75) is 44.8 Å². The molecule has 0 unspecified atom stereocenters.